The summed E-state index contributed by atoms with van der Waals surface area (Å²) >= 11 is 0. The Morgan fingerprint density at radius 1 is 1.19 bits per heavy atom. The number of hydrogen-bond donors (Lipinski definition) is 0. The summed E-state index contributed by atoms with van der Waals surface area (Å²) in [6.07, 6.45) is 3.05. The summed E-state index contributed by atoms with van der Waals surface area (Å²) in [7, 11) is 0. The van der Waals surface area contributed by atoms with Crippen LogP contribution in [0.1, 0.15) is 13.8 Å². The molecule has 3 aliphatic heterocycles. The maximum atomic E-state index is 12.0. The number of fused-ring (bicyclic) bond motifs is 5. The molecule has 0 aliphatic carbocycles. The third-order valence-electron chi connectivity index (χ3n) is 3.19. The van der Waals surface area contributed by atoms with Crippen molar-refractivity contribution in [2.75, 3.05) is 0 Å². The molecule has 86 valence electrons. The number of imide groups is 1. The molecule has 0 spiro atoms. The lowest BCUT2D eigenvalue weighted by Crippen LogP contribution is -2.36. The zero-order chi connectivity index (χ0) is 11.4. The van der Waals surface area contributed by atoms with Crippen molar-refractivity contribution < 1.29 is 19.2 Å². The fourth-order valence-electron chi connectivity index (χ4n) is 2.59. The molecule has 3 heterocycles. The van der Waals surface area contributed by atoms with Gasteiger partial charge in [-0.05, 0) is 13.8 Å². The fraction of sp³-hybridized carbons (Fsp3) is 0.636. The van der Waals surface area contributed by atoms with Gasteiger partial charge in [0.05, 0.1) is 30.1 Å². The van der Waals surface area contributed by atoms with Gasteiger partial charge in [-0.1, -0.05) is 12.2 Å². The zero-order valence-electron chi connectivity index (χ0n) is 9.12. The Morgan fingerprint density at radius 3 is 2.12 bits per heavy atom. The molecule has 0 saturated carbocycles. The van der Waals surface area contributed by atoms with Crippen molar-refractivity contribution in [2.45, 2.75) is 32.2 Å². The Hall–Kier alpha value is -1.20. The van der Waals surface area contributed by atoms with Crippen molar-refractivity contribution in [3.05, 3.63) is 12.2 Å². The van der Waals surface area contributed by atoms with Crippen molar-refractivity contribution in [1.29, 1.82) is 0 Å². The van der Waals surface area contributed by atoms with E-state index in [9.17, 15) is 9.59 Å². The van der Waals surface area contributed by atoms with Crippen LogP contribution < -0.4 is 0 Å². The molecular weight excluding hydrogens is 210 g/mol. The number of hydrogen-bond acceptors (Lipinski definition) is 4. The van der Waals surface area contributed by atoms with Gasteiger partial charge in [-0.15, -0.1) is 0 Å². The predicted molar refractivity (Wildman–Crippen MR) is 52.9 cm³/mol. The molecule has 5 nitrogen and oxygen atoms in total. The van der Waals surface area contributed by atoms with E-state index in [1.54, 1.807) is 13.8 Å². The molecule has 0 unspecified atom stereocenters. The summed E-state index contributed by atoms with van der Waals surface area (Å²) in [6.45, 7) is 3.58. The Bertz CT molecular complexity index is 359. The van der Waals surface area contributed by atoms with Crippen molar-refractivity contribution in [3.8, 4) is 0 Å². The molecule has 2 amide bonds. The van der Waals surface area contributed by atoms with Gasteiger partial charge in [-0.3, -0.25) is 14.4 Å². The molecule has 4 atom stereocenters. The third-order valence-corrected chi connectivity index (χ3v) is 3.19. The molecular formula is C11H13NO4. The van der Waals surface area contributed by atoms with E-state index in [4.69, 9.17) is 9.57 Å². The summed E-state index contributed by atoms with van der Waals surface area (Å²) in [5.74, 6) is -1.27. The van der Waals surface area contributed by atoms with Crippen LogP contribution in [-0.4, -0.2) is 35.2 Å². The SMILES string of the molecule is CC(C)ON1C(=O)[C@H]2[C@H](C1=O)[C@H]1C=C[C@H]2O1. The van der Waals surface area contributed by atoms with E-state index in [-0.39, 0.29) is 42.0 Å². The quantitative estimate of drug-likeness (QED) is 0.498. The Kier molecular flexibility index (Phi) is 1.96. The van der Waals surface area contributed by atoms with Gasteiger partial charge in [0.25, 0.3) is 11.8 Å². The number of carbonyl (C=O) groups is 2. The molecule has 3 aliphatic rings. The smallest absolute Gasteiger partial charge is 0.260 e. The molecule has 0 N–H and O–H groups in total. The summed E-state index contributed by atoms with van der Waals surface area (Å²) in [6, 6.07) is 0. The van der Waals surface area contributed by atoms with E-state index in [2.05, 4.69) is 0 Å². The first-order valence-electron chi connectivity index (χ1n) is 5.48. The standard InChI is InChI=1S/C11H13NO4/c1-5(2)16-12-10(13)8-6-3-4-7(15-6)9(8)11(12)14/h3-9H,1-2H3/t6-,7-,8-,9-/m1/s1. The van der Waals surface area contributed by atoms with Crippen molar-refractivity contribution in [3.63, 3.8) is 0 Å². The van der Waals surface area contributed by atoms with Crippen molar-refractivity contribution >= 4 is 11.8 Å². The average Bonchev–Trinajstić information content (AvgIpc) is 2.87. The Balaban J connectivity index is 1.89. The molecule has 0 radical (unpaired) electrons. The monoisotopic (exact) mass is 223 g/mol. The highest BCUT2D eigenvalue weighted by Crippen LogP contribution is 2.45. The van der Waals surface area contributed by atoms with Gasteiger partial charge >= 0.3 is 0 Å². The maximum absolute atomic E-state index is 12.0. The van der Waals surface area contributed by atoms with E-state index < -0.39 is 0 Å². The van der Waals surface area contributed by atoms with E-state index in [1.165, 1.54) is 0 Å². The molecule has 2 bridgehead atoms. The van der Waals surface area contributed by atoms with Gasteiger partial charge < -0.3 is 4.74 Å². The molecule has 2 fully saturated rings. The summed E-state index contributed by atoms with van der Waals surface area (Å²) in [5.41, 5.74) is 0. The first kappa shape index (κ1) is 9.99. The topological polar surface area (TPSA) is 55.8 Å². The number of rotatable bonds is 2. The molecule has 5 heteroatoms. The minimum absolute atomic E-state index is 0.182. The second-order valence-electron chi connectivity index (χ2n) is 4.63. The van der Waals surface area contributed by atoms with E-state index in [0.717, 1.165) is 5.06 Å². The summed E-state index contributed by atoms with van der Waals surface area (Å²) in [4.78, 5) is 29.2. The van der Waals surface area contributed by atoms with Crippen LogP contribution in [0.5, 0.6) is 0 Å². The predicted octanol–water partition coefficient (Wildman–Crippen LogP) is 0.265. The van der Waals surface area contributed by atoms with Gasteiger partial charge in [0.1, 0.15) is 0 Å². The number of hydroxylamine groups is 2. The first-order valence-corrected chi connectivity index (χ1v) is 5.48. The number of ether oxygens (including phenoxy) is 1. The highest BCUT2D eigenvalue weighted by Gasteiger charge is 2.61. The number of amides is 2. The van der Waals surface area contributed by atoms with Crippen LogP contribution in [0.3, 0.4) is 0 Å². The minimum atomic E-state index is -0.374. The van der Waals surface area contributed by atoms with Gasteiger partial charge in [-0.2, -0.15) is 5.06 Å². The highest BCUT2D eigenvalue weighted by atomic mass is 16.7. The second-order valence-corrected chi connectivity index (χ2v) is 4.63. The molecule has 0 aromatic rings. The number of nitrogens with zero attached hydrogens (tertiary/aromatic N) is 1. The van der Waals surface area contributed by atoms with Crippen LogP contribution in [-0.2, 0) is 19.2 Å². The molecule has 0 aromatic heterocycles. The van der Waals surface area contributed by atoms with Crippen LogP contribution >= 0.6 is 0 Å². The molecule has 16 heavy (non-hydrogen) atoms. The Morgan fingerprint density at radius 2 is 1.69 bits per heavy atom. The van der Waals surface area contributed by atoms with Crippen LogP contribution in [0.2, 0.25) is 0 Å². The lowest BCUT2D eigenvalue weighted by molar-refractivity contribution is -0.202. The fourth-order valence-corrected chi connectivity index (χ4v) is 2.59. The zero-order valence-corrected chi connectivity index (χ0v) is 9.12. The van der Waals surface area contributed by atoms with Gasteiger partial charge in [0.15, 0.2) is 0 Å². The van der Waals surface area contributed by atoms with Crippen LogP contribution in [0.15, 0.2) is 12.2 Å². The first-order chi connectivity index (χ1) is 7.59. The highest BCUT2D eigenvalue weighted by molar-refractivity contribution is 6.05. The van der Waals surface area contributed by atoms with E-state index >= 15 is 0 Å². The molecule has 0 aromatic carbocycles. The normalized spacial score (nSPS) is 40.3. The van der Waals surface area contributed by atoms with E-state index in [0.29, 0.717) is 0 Å². The number of carbonyl (C=O) groups excluding carboxylic acids is 2. The minimum Gasteiger partial charge on any atom is -0.365 e. The van der Waals surface area contributed by atoms with Gasteiger partial charge in [0.2, 0.25) is 0 Å². The summed E-state index contributed by atoms with van der Waals surface area (Å²) < 4.78 is 5.50. The van der Waals surface area contributed by atoms with Crippen molar-refractivity contribution in [2.24, 2.45) is 11.8 Å². The van der Waals surface area contributed by atoms with Crippen molar-refractivity contribution in [1.82, 2.24) is 5.06 Å². The molecule has 2 saturated heterocycles. The average molecular weight is 223 g/mol. The largest absolute Gasteiger partial charge is 0.365 e. The van der Waals surface area contributed by atoms with Crippen LogP contribution in [0.4, 0.5) is 0 Å². The van der Waals surface area contributed by atoms with Gasteiger partial charge in [-0.25, -0.2) is 0 Å². The third kappa shape index (κ3) is 1.13. The lowest BCUT2D eigenvalue weighted by Gasteiger charge is -2.18. The van der Waals surface area contributed by atoms with Gasteiger partial charge in [0, 0.05) is 0 Å². The lowest BCUT2D eigenvalue weighted by atomic mass is 9.85. The van der Waals surface area contributed by atoms with Crippen LogP contribution in [0, 0.1) is 11.8 Å². The second kappa shape index (κ2) is 3.15. The Labute approximate surface area is 92.9 Å². The van der Waals surface area contributed by atoms with E-state index in [1.807, 2.05) is 12.2 Å². The molecule has 3 rings (SSSR count). The van der Waals surface area contributed by atoms with Crippen LogP contribution in [0.25, 0.3) is 0 Å². The summed E-state index contributed by atoms with van der Waals surface area (Å²) in [5, 5.41) is 0.926. The maximum Gasteiger partial charge on any atom is 0.260 e.